The van der Waals surface area contributed by atoms with Crippen LogP contribution in [0.15, 0.2) is 18.2 Å². The molecule has 0 bridgehead atoms. The molecule has 20 heavy (non-hydrogen) atoms. The van der Waals surface area contributed by atoms with Gasteiger partial charge in [-0.3, -0.25) is 9.59 Å². The number of rotatable bonds is 6. The molecule has 110 valence electrons. The zero-order chi connectivity index (χ0) is 15.3. The van der Waals surface area contributed by atoms with Crippen molar-refractivity contribution in [3.05, 3.63) is 33.8 Å². The van der Waals surface area contributed by atoms with Crippen molar-refractivity contribution in [3.63, 3.8) is 0 Å². The van der Waals surface area contributed by atoms with Gasteiger partial charge in [-0.05, 0) is 24.5 Å². The fraction of sp³-hybridized carbons (Fsp3) is 0.429. The van der Waals surface area contributed by atoms with E-state index in [0.717, 1.165) is 0 Å². The molecular formula is C14H17Cl2NO3. The van der Waals surface area contributed by atoms with Crippen molar-refractivity contribution in [2.24, 2.45) is 11.8 Å². The molecular weight excluding hydrogens is 301 g/mol. The molecule has 0 aliphatic heterocycles. The molecule has 0 saturated carbocycles. The van der Waals surface area contributed by atoms with Crippen molar-refractivity contribution in [2.75, 3.05) is 6.54 Å². The summed E-state index contributed by atoms with van der Waals surface area (Å²) in [5.41, 5.74) is 0.171. The summed E-state index contributed by atoms with van der Waals surface area (Å²) in [7, 11) is 0. The first-order chi connectivity index (χ1) is 9.32. The topological polar surface area (TPSA) is 66.4 Å². The SMILES string of the molecule is CC(C)CC(CNC(=O)c1c(Cl)cccc1Cl)C(=O)O. The van der Waals surface area contributed by atoms with Gasteiger partial charge in [0.2, 0.25) is 0 Å². The maximum Gasteiger partial charge on any atom is 0.308 e. The van der Waals surface area contributed by atoms with Crippen LogP contribution in [0.25, 0.3) is 0 Å². The molecule has 1 amide bonds. The Morgan fingerprint density at radius 1 is 1.25 bits per heavy atom. The van der Waals surface area contributed by atoms with Crippen LogP contribution in [0, 0.1) is 11.8 Å². The summed E-state index contributed by atoms with van der Waals surface area (Å²) in [5, 5.41) is 12.2. The van der Waals surface area contributed by atoms with E-state index >= 15 is 0 Å². The Morgan fingerprint density at radius 2 is 1.80 bits per heavy atom. The number of carboxylic acid groups (broad SMARTS) is 1. The normalized spacial score (nSPS) is 12.2. The first-order valence-electron chi connectivity index (χ1n) is 6.28. The zero-order valence-corrected chi connectivity index (χ0v) is 12.8. The number of carboxylic acids is 1. The molecule has 2 N–H and O–H groups in total. The van der Waals surface area contributed by atoms with E-state index in [-0.39, 0.29) is 28.1 Å². The lowest BCUT2D eigenvalue weighted by Gasteiger charge is -2.16. The summed E-state index contributed by atoms with van der Waals surface area (Å²) < 4.78 is 0. The van der Waals surface area contributed by atoms with Crippen LogP contribution >= 0.6 is 23.2 Å². The number of hydrogen-bond acceptors (Lipinski definition) is 2. The van der Waals surface area contributed by atoms with Gasteiger partial charge in [0.25, 0.3) is 5.91 Å². The standard InChI is InChI=1S/C14H17Cl2NO3/c1-8(2)6-9(14(19)20)7-17-13(18)12-10(15)4-3-5-11(12)16/h3-5,8-9H,6-7H2,1-2H3,(H,17,18)(H,19,20). The molecule has 1 aromatic rings. The molecule has 0 aliphatic rings. The molecule has 0 radical (unpaired) electrons. The largest absolute Gasteiger partial charge is 0.481 e. The van der Waals surface area contributed by atoms with Gasteiger partial charge in [-0.1, -0.05) is 43.1 Å². The number of nitrogens with one attached hydrogen (secondary N) is 1. The summed E-state index contributed by atoms with van der Waals surface area (Å²) in [4.78, 5) is 23.1. The summed E-state index contributed by atoms with van der Waals surface area (Å²) in [6.07, 6.45) is 0.492. The number of aliphatic carboxylic acids is 1. The molecule has 4 nitrogen and oxygen atoms in total. The summed E-state index contributed by atoms with van der Waals surface area (Å²) in [5.74, 6) is -1.78. The van der Waals surface area contributed by atoms with Gasteiger partial charge in [0.05, 0.1) is 21.5 Å². The van der Waals surface area contributed by atoms with Crippen molar-refractivity contribution in [1.29, 1.82) is 0 Å². The van der Waals surface area contributed by atoms with Crippen LogP contribution in [-0.2, 0) is 4.79 Å². The number of benzene rings is 1. The molecule has 0 aromatic heterocycles. The minimum Gasteiger partial charge on any atom is -0.481 e. The lowest BCUT2D eigenvalue weighted by molar-refractivity contribution is -0.142. The maximum atomic E-state index is 12.0. The van der Waals surface area contributed by atoms with Crippen LogP contribution in [0.1, 0.15) is 30.6 Å². The molecule has 1 rings (SSSR count). The number of amides is 1. The van der Waals surface area contributed by atoms with Gasteiger partial charge in [-0.25, -0.2) is 0 Å². The molecule has 1 unspecified atom stereocenters. The Balaban J connectivity index is 2.73. The van der Waals surface area contributed by atoms with E-state index < -0.39 is 17.8 Å². The Kier molecular flexibility index (Phi) is 6.30. The predicted molar refractivity (Wildman–Crippen MR) is 79.4 cm³/mol. The smallest absolute Gasteiger partial charge is 0.308 e. The lowest BCUT2D eigenvalue weighted by atomic mass is 9.97. The second kappa shape index (κ2) is 7.50. The van der Waals surface area contributed by atoms with Crippen LogP contribution in [-0.4, -0.2) is 23.5 Å². The quantitative estimate of drug-likeness (QED) is 0.844. The average Bonchev–Trinajstić information content (AvgIpc) is 2.33. The molecule has 0 aliphatic carbocycles. The highest BCUT2D eigenvalue weighted by molar-refractivity contribution is 6.39. The fourth-order valence-corrected chi connectivity index (χ4v) is 2.43. The minimum absolute atomic E-state index is 0.0495. The van der Waals surface area contributed by atoms with E-state index in [0.29, 0.717) is 6.42 Å². The van der Waals surface area contributed by atoms with Crippen LogP contribution in [0.5, 0.6) is 0 Å². The minimum atomic E-state index is -0.927. The van der Waals surface area contributed by atoms with Gasteiger partial charge >= 0.3 is 5.97 Å². The van der Waals surface area contributed by atoms with E-state index in [9.17, 15) is 9.59 Å². The fourth-order valence-electron chi connectivity index (χ4n) is 1.86. The molecule has 6 heteroatoms. The van der Waals surface area contributed by atoms with Crippen molar-refractivity contribution < 1.29 is 14.7 Å². The van der Waals surface area contributed by atoms with E-state index in [1.165, 1.54) is 0 Å². The highest BCUT2D eigenvalue weighted by Gasteiger charge is 2.21. The van der Waals surface area contributed by atoms with Gasteiger partial charge in [0.15, 0.2) is 0 Å². The third kappa shape index (κ3) is 4.69. The van der Waals surface area contributed by atoms with E-state index in [2.05, 4.69) is 5.32 Å². The lowest BCUT2D eigenvalue weighted by Crippen LogP contribution is -2.34. The summed E-state index contributed by atoms with van der Waals surface area (Å²) in [6.45, 7) is 3.92. The van der Waals surface area contributed by atoms with Crippen molar-refractivity contribution in [3.8, 4) is 0 Å². The van der Waals surface area contributed by atoms with Crippen LogP contribution in [0.2, 0.25) is 10.0 Å². The Bertz CT molecular complexity index is 483. The Hall–Kier alpha value is -1.26. The number of halogens is 2. The monoisotopic (exact) mass is 317 g/mol. The number of carbonyl (C=O) groups excluding carboxylic acids is 1. The number of hydrogen-bond donors (Lipinski definition) is 2. The first kappa shape index (κ1) is 16.8. The van der Waals surface area contributed by atoms with Gasteiger partial charge < -0.3 is 10.4 Å². The van der Waals surface area contributed by atoms with E-state index in [1.807, 2.05) is 13.8 Å². The molecule has 0 saturated heterocycles. The third-order valence-electron chi connectivity index (χ3n) is 2.80. The Morgan fingerprint density at radius 3 is 2.25 bits per heavy atom. The summed E-state index contributed by atoms with van der Waals surface area (Å²) in [6, 6.07) is 4.76. The zero-order valence-electron chi connectivity index (χ0n) is 11.3. The van der Waals surface area contributed by atoms with Gasteiger partial charge in [-0.2, -0.15) is 0 Å². The average molecular weight is 318 g/mol. The van der Waals surface area contributed by atoms with Gasteiger partial charge in [0, 0.05) is 6.54 Å². The van der Waals surface area contributed by atoms with Gasteiger partial charge in [0.1, 0.15) is 0 Å². The maximum absolute atomic E-state index is 12.0. The first-order valence-corrected chi connectivity index (χ1v) is 7.03. The second-order valence-electron chi connectivity index (χ2n) is 4.97. The molecule has 1 aromatic carbocycles. The van der Waals surface area contributed by atoms with E-state index in [1.54, 1.807) is 18.2 Å². The van der Waals surface area contributed by atoms with Crippen LogP contribution in [0.4, 0.5) is 0 Å². The summed E-state index contributed by atoms with van der Waals surface area (Å²) >= 11 is 11.8. The van der Waals surface area contributed by atoms with E-state index in [4.69, 9.17) is 28.3 Å². The van der Waals surface area contributed by atoms with Crippen LogP contribution in [0.3, 0.4) is 0 Å². The molecule has 1 atom stereocenters. The molecule has 0 heterocycles. The van der Waals surface area contributed by atoms with Gasteiger partial charge in [-0.15, -0.1) is 0 Å². The Labute approximate surface area is 128 Å². The highest BCUT2D eigenvalue weighted by Crippen LogP contribution is 2.24. The number of carbonyl (C=O) groups is 2. The molecule has 0 spiro atoms. The van der Waals surface area contributed by atoms with Crippen molar-refractivity contribution in [1.82, 2.24) is 5.32 Å². The van der Waals surface area contributed by atoms with Crippen LogP contribution < -0.4 is 5.32 Å². The van der Waals surface area contributed by atoms with Crippen molar-refractivity contribution in [2.45, 2.75) is 20.3 Å². The second-order valence-corrected chi connectivity index (χ2v) is 5.79. The highest BCUT2D eigenvalue weighted by atomic mass is 35.5. The predicted octanol–water partition coefficient (Wildman–Crippen LogP) is 3.47. The van der Waals surface area contributed by atoms with Crippen molar-refractivity contribution >= 4 is 35.1 Å². The molecule has 0 fully saturated rings. The third-order valence-corrected chi connectivity index (χ3v) is 3.43.